The van der Waals surface area contributed by atoms with Gasteiger partial charge < -0.3 is 10.1 Å². The normalized spacial score (nSPS) is 15.2. The standard InChI is InChI=1S/C26H24N4O3S/c1-3-23(24(31)28-19-11-13-21(33-2)14-12-19)34-26-29-22(16-18-8-7-15-27-17-18)25(32)30(26)20-9-5-4-6-10-20/h4-17,23H,3H2,1-2H3,(H,28,31)/b22-16+. The molecule has 0 fully saturated rings. The van der Waals surface area contributed by atoms with Crippen molar-refractivity contribution in [2.45, 2.75) is 18.6 Å². The van der Waals surface area contributed by atoms with E-state index in [2.05, 4.69) is 15.3 Å². The maximum atomic E-state index is 13.3. The fourth-order valence-electron chi connectivity index (χ4n) is 3.35. The molecule has 2 amide bonds. The first kappa shape index (κ1) is 23.3. The van der Waals surface area contributed by atoms with E-state index in [9.17, 15) is 9.59 Å². The SMILES string of the molecule is CCC(SC1=N/C(=C/c2cccnc2)C(=O)N1c1ccccc1)C(=O)Nc1ccc(OC)cc1. The third-order valence-electron chi connectivity index (χ3n) is 5.10. The van der Waals surface area contributed by atoms with Crippen molar-refractivity contribution in [1.29, 1.82) is 0 Å². The highest BCUT2D eigenvalue weighted by molar-refractivity contribution is 8.15. The van der Waals surface area contributed by atoms with Gasteiger partial charge in [-0.2, -0.15) is 0 Å². The number of thioether (sulfide) groups is 1. The van der Waals surface area contributed by atoms with Crippen LogP contribution in [0.2, 0.25) is 0 Å². The highest BCUT2D eigenvalue weighted by Gasteiger charge is 2.34. The zero-order valence-corrected chi connectivity index (χ0v) is 19.7. The van der Waals surface area contributed by atoms with Crippen molar-refractivity contribution in [3.05, 3.63) is 90.4 Å². The molecule has 2 aromatic carbocycles. The van der Waals surface area contributed by atoms with Crippen LogP contribution in [0.3, 0.4) is 0 Å². The lowest BCUT2D eigenvalue weighted by Crippen LogP contribution is -2.34. The Morgan fingerprint density at radius 1 is 1.12 bits per heavy atom. The van der Waals surface area contributed by atoms with Crippen molar-refractivity contribution in [2.24, 2.45) is 4.99 Å². The number of benzene rings is 2. The number of amides is 2. The van der Waals surface area contributed by atoms with Crippen LogP contribution in [0.4, 0.5) is 11.4 Å². The molecule has 0 saturated heterocycles. The number of aliphatic imine (C=N–C) groups is 1. The van der Waals surface area contributed by atoms with Gasteiger partial charge in [-0.25, -0.2) is 4.99 Å². The molecule has 1 N–H and O–H groups in total. The summed E-state index contributed by atoms with van der Waals surface area (Å²) in [5, 5.41) is 2.95. The first-order valence-corrected chi connectivity index (χ1v) is 11.7. The minimum Gasteiger partial charge on any atom is -0.497 e. The summed E-state index contributed by atoms with van der Waals surface area (Å²) in [6, 6.07) is 20.1. The average molecular weight is 473 g/mol. The van der Waals surface area contributed by atoms with Crippen LogP contribution in [-0.2, 0) is 9.59 Å². The zero-order valence-electron chi connectivity index (χ0n) is 18.8. The fourth-order valence-corrected chi connectivity index (χ4v) is 4.38. The van der Waals surface area contributed by atoms with Gasteiger partial charge in [-0.05, 0) is 60.5 Å². The number of anilines is 2. The lowest BCUT2D eigenvalue weighted by atomic mass is 10.2. The third-order valence-corrected chi connectivity index (χ3v) is 6.42. The molecule has 8 heteroatoms. The van der Waals surface area contributed by atoms with Crippen molar-refractivity contribution in [1.82, 2.24) is 4.98 Å². The molecule has 7 nitrogen and oxygen atoms in total. The van der Waals surface area contributed by atoms with Crippen molar-refractivity contribution < 1.29 is 14.3 Å². The largest absolute Gasteiger partial charge is 0.497 e. The van der Waals surface area contributed by atoms with Crippen LogP contribution in [0.25, 0.3) is 6.08 Å². The number of nitrogens with one attached hydrogen (secondary N) is 1. The Balaban J connectivity index is 1.59. The summed E-state index contributed by atoms with van der Waals surface area (Å²) in [5.74, 6) is 0.304. The highest BCUT2D eigenvalue weighted by Crippen LogP contribution is 2.32. The summed E-state index contributed by atoms with van der Waals surface area (Å²) in [7, 11) is 1.59. The quantitative estimate of drug-likeness (QED) is 0.490. The number of methoxy groups -OCH3 is 1. The number of hydrogen-bond donors (Lipinski definition) is 1. The highest BCUT2D eigenvalue weighted by atomic mass is 32.2. The Morgan fingerprint density at radius 3 is 2.53 bits per heavy atom. The fraction of sp³-hybridized carbons (Fsp3) is 0.154. The average Bonchev–Trinajstić information content (AvgIpc) is 3.18. The van der Waals surface area contributed by atoms with Crippen LogP contribution in [-0.4, -0.2) is 34.3 Å². The molecule has 4 rings (SSSR count). The molecule has 172 valence electrons. The molecule has 3 aromatic rings. The number of ether oxygens (including phenoxy) is 1. The van der Waals surface area contributed by atoms with Crippen molar-refractivity contribution >= 4 is 46.2 Å². The van der Waals surface area contributed by atoms with Gasteiger partial charge in [0.15, 0.2) is 5.17 Å². The van der Waals surface area contributed by atoms with Crippen molar-refractivity contribution in [3.8, 4) is 5.75 Å². The minimum absolute atomic E-state index is 0.162. The molecular formula is C26H24N4O3S. The number of carbonyl (C=O) groups is 2. The predicted molar refractivity (Wildman–Crippen MR) is 137 cm³/mol. The van der Waals surface area contributed by atoms with E-state index in [4.69, 9.17) is 4.74 Å². The lowest BCUT2D eigenvalue weighted by molar-refractivity contribution is -0.116. The molecule has 1 atom stereocenters. The minimum atomic E-state index is -0.447. The van der Waals surface area contributed by atoms with Gasteiger partial charge in [0.1, 0.15) is 11.4 Å². The molecule has 0 bridgehead atoms. The molecule has 0 spiro atoms. The van der Waals surface area contributed by atoms with Crippen LogP contribution in [0.1, 0.15) is 18.9 Å². The summed E-state index contributed by atoms with van der Waals surface area (Å²) in [6.07, 6.45) is 5.61. The second kappa shape index (κ2) is 10.8. The number of nitrogens with zero attached hydrogens (tertiary/aromatic N) is 3. The van der Waals surface area contributed by atoms with E-state index in [0.717, 1.165) is 5.56 Å². The van der Waals surface area contributed by atoms with Gasteiger partial charge in [-0.15, -0.1) is 0 Å². The molecular weight excluding hydrogens is 448 g/mol. The van der Waals surface area contributed by atoms with Crippen LogP contribution in [0.5, 0.6) is 5.75 Å². The Hall–Kier alpha value is -3.91. The van der Waals surface area contributed by atoms with E-state index in [1.54, 1.807) is 60.8 Å². The van der Waals surface area contributed by atoms with Gasteiger partial charge >= 0.3 is 0 Å². The molecule has 1 unspecified atom stereocenters. The summed E-state index contributed by atoms with van der Waals surface area (Å²) in [4.78, 5) is 36.6. The van der Waals surface area contributed by atoms with Gasteiger partial charge in [0.05, 0.1) is 18.0 Å². The molecule has 34 heavy (non-hydrogen) atoms. The molecule has 0 aliphatic carbocycles. The number of para-hydroxylation sites is 1. The first-order valence-electron chi connectivity index (χ1n) is 10.8. The Kier molecular flexibility index (Phi) is 7.39. The van der Waals surface area contributed by atoms with E-state index in [-0.39, 0.29) is 11.8 Å². The molecule has 1 aliphatic rings. The van der Waals surface area contributed by atoms with Gasteiger partial charge in [0.2, 0.25) is 5.91 Å². The lowest BCUT2D eigenvalue weighted by Gasteiger charge is -2.21. The van der Waals surface area contributed by atoms with Crippen LogP contribution in [0.15, 0.2) is 89.8 Å². The van der Waals surface area contributed by atoms with Crippen molar-refractivity contribution in [2.75, 3.05) is 17.3 Å². The van der Waals surface area contributed by atoms with E-state index in [0.29, 0.717) is 34.4 Å². The van der Waals surface area contributed by atoms with Gasteiger partial charge in [-0.3, -0.25) is 19.5 Å². The summed E-state index contributed by atoms with van der Waals surface area (Å²) in [5.41, 5.74) is 2.44. The number of hydrogen-bond acceptors (Lipinski definition) is 6. The predicted octanol–water partition coefficient (Wildman–Crippen LogP) is 4.98. The number of carbonyl (C=O) groups excluding carboxylic acids is 2. The number of pyridine rings is 1. The molecule has 1 aromatic heterocycles. The second-order valence-corrected chi connectivity index (χ2v) is 8.59. The number of rotatable bonds is 7. The molecule has 2 heterocycles. The van der Waals surface area contributed by atoms with Gasteiger partial charge in [-0.1, -0.05) is 43.0 Å². The maximum absolute atomic E-state index is 13.3. The third kappa shape index (κ3) is 5.35. The van der Waals surface area contributed by atoms with E-state index in [1.165, 1.54) is 11.8 Å². The maximum Gasteiger partial charge on any atom is 0.283 e. The first-order chi connectivity index (χ1) is 16.6. The number of aromatic nitrogens is 1. The monoisotopic (exact) mass is 472 g/mol. The van der Waals surface area contributed by atoms with Gasteiger partial charge in [0.25, 0.3) is 5.91 Å². The topological polar surface area (TPSA) is 83.9 Å². The van der Waals surface area contributed by atoms with Crippen LogP contribution >= 0.6 is 11.8 Å². The Labute approximate surface area is 202 Å². The zero-order chi connectivity index (χ0) is 23.9. The van der Waals surface area contributed by atoms with Crippen LogP contribution in [0, 0.1) is 0 Å². The van der Waals surface area contributed by atoms with E-state index in [1.807, 2.05) is 43.3 Å². The molecule has 0 radical (unpaired) electrons. The molecule has 1 aliphatic heterocycles. The summed E-state index contributed by atoms with van der Waals surface area (Å²) >= 11 is 1.27. The van der Waals surface area contributed by atoms with Crippen LogP contribution < -0.4 is 15.0 Å². The second-order valence-electron chi connectivity index (χ2n) is 7.42. The van der Waals surface area contributed by atoms with Gasteiger partial charge in [0, 0.05) is 18.1 Å². The van der Waals surface area contributed by atoms with E-state index >= 15 is 0 Å². The number of amidine groups is 1. The summed E-state index contributed by atoms with van der Waals surface area (Å²) < 4.78 is 5.17. The Morgan fingerprint density at radius 2 is 1.88 bits per heavy atom. The summed E-state index contributed by atoms with van der Waals surface area (Å²) in [6.45, 7) is 1.93. The molecule has 0 saturated carbocycles. The van der Waals surface area contributed by atoms with Crippen molar-refractivity contribution in [3.63, 3.8) is 0 Å². The Bertz CT molecular complexity index is 1210. The smallest absolute Gasteiger partial charge is 0.283 e. The van der Waals surface area contributed by atoms with E-state index < -0.39 is 5.25 Å².